The molecule has 2 N–H and O–H groups in total. The summed E-state index contributed by atoms with van der Waals surface area (Å²) in [6.45, 7) is 1.99. The molecule has 2 aromatic rings. The van der Waals surface area contributed by atoms with Gasteiger partial charge in [0.05, 0.1) is 0 Å². The summed E-state index contributed by atoms with van der Waals surface area (Å²) >= 11 is 0. The van der Waals surface area contributed by atoms with E-state index in [0.717, 1.165) is 12.0 Å². The van der Waals surface area contributed by atoms with Crippen molar-refractivity contribution in [3.8, 4) is 0 Å². The van der Waals surface area contributed by atoms with Gasteiger partial charge in [-0.15, -0.1) is 0 Å². The topological polar surface area (TPSA) is 26.0 Å². The number of halogens is 2. The third-order valence-electron chi connectivity index (χ3n) is 2.97. The summed E-state index contributed by atoms with van der Waals surface area (Å²) in [5.74, 6) is -3.01. The van der Waals surface area contributed by atoms with E-state index in [9.17, 15) is 8.78 Å². The number of hydrogen-bond acceptors (Lipinski definition) is 1. The van der Waals surface area contributed by atoms with Crippen molar-refractivity contribution in [3.63, 3.8) is 0 Å². The molecule has 0 amide bonds. The lowest BCUT2D eigenvalue weighted by Gasteiger charge is -2.18. The Bertz CT molecular complexity index is 532. The first-order chi connectivity index (χ1) is 8.54. The van der Waals surface area contributed by atoms with Crippen LogP contribution in [0.2, 0.25) is 0 Å². The summed E-state index contributed by atoms with van der Waals surface area (Å²) in [5.41, 5.74) is 6.85. The van der Waals surface area contributed by atoms with Gasteiger partial charge in [0.2, 0.25) is 0 Å². The molecule has 0 fully saturated rings. The van der Waals surface area contributed by atoms with Crippen molar-refractivity contribution in [2.75, 3.05) is 5.73 Å². The van der Waals surface area contributed by atoms with Crippen LogP contribution in [0, 0.1) is 0 Å². The number of nitrogen functional groups attached to an aromatic ring is 1. The van der Waals surface area contributed by atoms with Gasteiger partial charge in [-0.1, -0.05) is 43.3 Å². The molecule has 0 heterocycles. The summed E-state index contributed by atoms with van der Waals surface area (Å²) in [4.78, 5) is 0. The molecule has 0 saturated carbocycles. The molecular weight excluding hydrogens is 232 g/mol. The second kappa shape index (κ2) is 4.77. The van der Waals surface area contributed by atoms with E-state index in [2.05, 4.69) is 0 Å². The zero-order chi connectivity index (χ0) is 13.2. The fourth-order valence-corrected chi connectivity index (χ4v) is 1.85. The number of anilines is 1. The molecular formula is C15H15F2N. The standard InChI is InChI=1S/C15H15F2N/c1-2-11-6-8-12(9-7-11)15(16,17)13-4-3-5-14(18)10-13/h3-10H,2,18H2,1H3. The van der Waals surface area contributed by atoms with E-state index in [-0.39, 0.29) is 11.1 Å². The van der Waals surface area contributed by atoms with Gasteiger partial charge in [-0.3, -0.25) is 0 Å². The Balaban J connectivity index is 2.40. The van der Waals surface area contributed by atoms with Crippen LogP contribution < -0.4 is 5.73 Å². The summed E-state index contributed by atoms with van der Waals surface area (Å²) in [7, 11) is 0. The van der Waals surface area contributed by atoms with Crippen molar-refractivity contribution in [2.24, 2.45) is 0 Å². The van der Waals surface area contributed by atoms with Crippen LogP contribution in [0.25, 0.3) is 0 Å². The molecule has 0 spiro atoms. The van der Waals surface area contributed by atoms with E-state index in [1.807, 2.05) is 6.92 Å². The van der Waals surface area contributed by atoms with E-state index in [0.29, 0.717) is 5.69 Å². The van der Waals surface area contributed by atoms with Crippen LogP contribution in [0.5, 0.6) is 0 Å². The first-order valence-electron chi connectivity index (χ1n) is 5.87. The normalized spacial score (nSPS) is 11.5. The zero-order valence-corrected chi connectivity index (χ0v) is 10.2. The molecule has 3 heteroatoms. The first-order valence-corrected chi connectivity index (χ1v) is 5.87. The van der Waals surface area contributed by atoms with Crippen LogP contribution in [0.3, 0.4) is 0 Å². The highest BCUT2D eigenvalue weighted by Gasteiger charge is 2.33. The number of benzene rings is 2. The van der Waals surface area contributed by atoms with Crippen molar-refractivity contribution in [1.29, 1.82) is 0 Å². The van der Waals surface area contributed by atoms with Crippen LogP contribution in [0.4, 0.5) is 14.5 Å². The van der Waals surface area contributed by atoms with E-state index in [1.54, 1.807) is 24.3 Å². The fraction of sp³-hybridized carbons (Fsp3) is 0.200. The maximum absolute atomic E-state index is 14.2. The smallest absolute Gasteiger partial charge is 0.298 e. The lowest BCUT2D eigenvalue weighted by atomic mass is 9.98. The second-order valence-electron chi connectivity index (χ2n) is 4.25. The average Bonchev–Trinajstić information content (AvgIpc) is 2.39. The molecule has 0 aliphatic rings. The van der Waals surface area contributed by atoms with Gasteiger partial charge in [-0.05, 0) is 24.1 Å². The van der Waals surface area contributed by atoms with Crippen molar-refractivity contribution < 1.29 is 8.78 Å². The average molecular weight is 247 g/mol. The molecule has 0 atom stereocenters. The number of rotatable bonds is 3. The third kappa shape index (κ3) is 2.35. The quantitative estimate of drug-likeness (QED) is 0.816. The van der Waals surface area contributed by atoms with Crippen LogP contribution >= 0.6 is 0 Å². The minimum Gasteiger partial charge on any atom is -0.399 e. The predicted molar refractivity (Wildman–Crippen MR) is 69.7 cm³/mol. The molecule has 0 aromatic heterocycles. The number of hydrogen-bond donors (Lipinski definition) is 1. The Morgan fingerprint density at radius 1 is 1.00 bits per heavy atom. The summed E-state index contributed by atoms with van der Waals surface area (Å²) < 4.78 is 28.5. The van der Waals surface area contributed by atoms with Gasteiger partial charge in [0.1, 0.15) is 0 Å². The monoisotopic (exact) mass is 247 g/mol. The van der Waals surface area contributed by atoms with Crippen LogP contribution in [-0.4, -0.2) is 0 Å². The predicted octanol–water partition coefficient (Wildman–Crippen LogP) is 3.97. The Morgan fingerprint density at radius 3 is 2.22 bits per heavy atom. The van der Waals surface area contributed by atoms with Gasteiger partial charge in [0.25, 0.3) is 5.92 Å². The molecule has 0 aliphatic heterocycles. The Labute approximate surface area is 105 Å². The lowest BCUT2D eigenvalue weighted by Crippen LogP contribution is -2.15. The molecule has 18 heavy (non-hydrogen) atoms. The van der Waals surface area contributed by atoms with E-state index < -0.39 is 5.92 Å². The van der Waals surface area contributed by atoms with Crippen molar-refractivity contribution >= 4 is 5.69 Å². The van der Waals surface area contributed by atoms with Gasteiger partial charge < -0.3 is 5.73 Å². The molecule has 2 aromatic carbocycles. The van der Waals surface area contributed by atoms with Crippen LogP contribution in [0.1, 0.15) is 23.6 Å². The number of alkyl halides is 2. The molecule has 94 valence electrons. The Kier molecular flexibility index (Phi) is 3.32. The van der Waals surface area contributed by atoms with Gasteiger partial charge >= 0.3 is 0 Å². The SMILES string of the molecule is CCc1ccc(C(F)(F)c2cccc(N)c2)cc1. The van der Waals surface area contributed by atoms with Crippen molar-refractivity contribution in [1.82, 2.24) is 0 Å². The largest absolute Gasteiger partial charge is 0.399 e. The first kappa shape index (κ1) is 12.6. The number of nitrogens with two attached hydrogens (primary N) is 1. The Hall–Kier alpha value is -1.90. The van der Waals surface area contributed by atoms with E-state index in [1.165, 1.54) is 24.3 Å². The van der Waals surface area contributed by atoms with Gasteiger partial charge in [0.15, 0.2) is 0 Å². The van der Waals surface area contributed by atoms with Gasteiger partial charge in [-0.25, -0.2) is 0 Å². The molecule has 0 unspecified atom stereocenters. The molecule has 0 radical (unpaired) electrons. The van der Waals surface area contributed by atoms with Crippen LogP contribution in [0.15, 0.2) is 48.5 Å². The minimum absolute atomic E-state index is 0.00898. The highest BCUT2D eigenvalue weighted by atomic mass is 19.3. The second-order valence-corrected chi connectivity index (χ2v) is 4.25. The maximum Gasteiger partial charge on any atom is 0.298 e. The van der Waals surface area contributed by atoms with E-state index >= 15 is 0 Å². The molecule has 0 bridgehead atoms. The molecule has 0 aliphatic carbocycles. The Morgan fingerprint density at radius 2 is 1.67 bits per heavy atom. The fourth-order valence-electron chi connectivity index (χ4n) is 1.85. The van der Waals surface area contributed by atoms with Crippen LogP contribution in [-0.2, 0) is 12.3 Å². The van der Waals surface area contributed by atoms with E-state index in [4.69, 9.17) is 5.73 Å². The summed E-state index contributed by atoms with van der Waals surface area (Å²) in [5, 5.41) is 0. The minimum atomic E-state index is -3.01. The highest BCUT2D eigenvalue weighted by molar-refractivity contribution is 5.45. The lowest BCUT2D eigenvalue weighted by molar-refractivity contribution is 0.0429. The zero-order valence-electron chi connectivity index (χ0n) is 10.2. The van der Waals surface area contributed by atoms with Crippen molar-refractivity contribution in [3.05, 3.63) is 65.2 Å². The highest BCUT2D eigenvalue weighted by Crippen LogP contribution is 2.36. The molecule has 2 rings (SSSR count). The van der Waals surface area contributed by atoms with Gasteiger partial charge in [0, 0.05) is 16.8 Å². The van der Waals surface area contributed by atoms with Gasteiger partial charge in [-0.2, -0.15) is 8.78 Å². The summed E-state index contributed by atoms with van der Waals surface area (Å²) in [6.07, 6.45) is 0.837. The maximum atomic E-state index is 14.2. The molecule has 0 saturated heterocycles. The van der Waals surface area contributed by atoms with Crippen molar-refractivity contribution in [2.45, 2.75) is 19.3 Å². The summed E-state index contributed by atoms with van der Waals surface area (Å²) in [6, 6.07) is 12.3. The molecule has 1 nitrogen and oxygen atoms in total. The third-order valence-corrected chi connectivity index (χ3v) is 2.97. The number of aryl methyl sites for hydroxylation is 1.